The van der Waals surface area contributed by atoms with Crippen molar-refractivity contribution in [3.63, 3.8) is 0 Å². The Morgan fingerprint density at radius 1 is 0.529 bits per heavy atom. The van der Waals surface area contributed by atoms with Crippen molar-refractivity contribution in [3.05, 3.63) is 36.5 Å². The Balaban J connectivity index is 3.89. The molecule has 0 rings (SSSR count). The van der Waals surface area contributed by atoms with Crippen molar-refractivity contribution in [2.24, 2.45) is 0 Å². The van der Waals surface area contributed by atoms with Crippen molar-refractivity contribution >= 4 is 16.0 Å². The minimum absolute atomic E-state index is 0.280. The van der Waals surface area contributed by atoms with Crippen LogP contribution in [-0.4, -0.2) is 41.9 Å². The fraction of sp³-hybridized carbons (Fsp3) is 0.841. The molecule has 300 valence electrons. The first-order valence-electron chi connectivity index (χ1n) is 21.7. The molecule has 0 saturated carbocycles. The summed E-state index contributed by atoms with van der Waals surface area (Å²) in [5, 5.41) is 13.2. The van der Waals surface area contributed by atoms with Gasteiger partial charge in [-0.1, -0.05) is 198 Å². The van der Waals surface area contributed by atoms with Crippen molar-refractivity contribution < 1.29 is 22.9 Å². The average Bonchev–Trinajstić information content (AvgIpc) is 3.09. The van der Waals surface area contributed by atoms with Gasteiger partial charge in [0.2, 0.25) is 5.91 Å². The van der Waals surface area contributed by atoms with Crippen LogP contribution >= 0.6 is 0 Å². The van der Waals surface area contributed by atoms with E-state index in [1.54, 1.807) is 6.08 Å². The fourth-order valence-corrected chi connectivity index (χ4v) is 7.27. The predicted octanol–water partition coefficient (Wildman–Crippen LogP) is 12.9. The Morgan fingerprint density at radius 2 is 0.882 bits per heavy atom. The molecule has 7 heteroatoms. The van der Waals surface area contributed by atoms with Crippen molar-refractivity contribution in [1.82, 2.24) is 5.32 Å². The standard InChI is InChI=1S/C44H83NO5S/c1-3-5-7-9-11-13-15-17-19-20-21-22-23-24-26-27-29-31-33-35-37-39-43(46)42(41-51(48,49)50)45-44(47)40-38-36-34-32-30-28-25-18-16-14-12-10-8-6-4-2/h12,14,18,25,37,39,42-43,46H,3-11,13,15-17,19-24,26-36,38,40-41H2,1-2H3,(H,45,47)(H,48,49,50)/b14-12-,25-18-,39-37+. The van der Waals surface area contributed by atoms with E-state index in [-0.39, 0.29) is 12.3 Å². The molecule has 0 fully saturated rings. The smallest absolute Gasteiger partial charge is 0.267 e. The molecule has 0 aliphatic rings. The monoisotopic (exact) mass is 738 g/mol. The van der Waals surface area contributed by atoms with Crippen molar-refractivity contribution in [2.75, 3.05) is 5.75 Å². The van der Waals surface area contributed by atoms with Gasteiger partial charge in [-0.05, 0) is 51.4 Å². The molecule has 2 atom stereocenters. The Bertz CT molecular complexity index is 945. The number of aliphatic hydroxyl groups excluding tert-OH is 1. The maximum Gasteiger partial charge on any atom is 0.267 e. The molecule has 0 aromatic carbocycles. The summed E-state index contributed by atoms with van der Waals surface area (Å²) in [5.41, 5.74) is 0. The molecule has 3 N–H and O–H groups in total. The second kappa shape index (κ2) is 38.3. The lowest BCUT2D eigenvalue weighted by Gasteiger charge is -2.21. The first-order valence-corrected chi connectivity index (χ1v) is 23.3. The van der Waals surface area contributed by atoms with E-state index < -0.39 is 28.0 Å². The van der Waals surface area contributed by atoms with E-state index in [2.05, 4.69) is 43.5 Å². The molecule has 0 bridgehead atoms. The van der Waals surface area contributed by atoms with Crippen LogP contribution in [0.4, 0.5) is 0 Å². The first-order chi connectivity index (χ1) is 24.8. The Labute approximate surface area is 316 Å². The molecule has 0 aromatic rings. The van der Waals surface area contributed by atoms with Gasteiger partial charge in [-0.25, -0.2) is 0 Å². The number of carbonyl (C=O) groups excluding carboxylic acids is 1. The summed E-state index contributed by atoms with van der Waals surface area (Å²) < 4.78 is 32.5. The van der Waals surface area contributed by atoms with Crippen LogP contribution in [-0.2, 0) is 14.9 Å². The quantitative estimate of drug-likeness (QED) is 0.0331. The van der Waals surface area contributed by atoms with E-state index in [1.807, 2.05) is 6.08 Å². The van der Waals surface area contributed by atoms with E-state index in [4.69, 9.17) is 0 Å². The summed E-state index contributed by atoms with van der Waals surface area (Å²) in [7, 11) is -4.35. The van der Waals surface area contributed by atoms with E-state index in [0.29, 0.717) is 6.42 Å². The van der Waals surface area contributed by atoms with Crippen molar-refractivity contribution in [2.45, 2.75) is 231 Å². The van der Waals surface area contributed by atoms with Crippen LogP contribution in [0.15, 0.2) is 36.5 Å². The predicted molar refractivity (Wildman–Crippen MR) is 221 cm³/mol. The first kappa shape index (κ1) is 49.6. The number of unbranched alkanes of at least 4 members (excludes halogenated alkanes) is 27. The van der Waals surface area contributed by atoms with Crippen LogP contribution in [0.3, 0.4) is 0 Å². The summed E-state index contributed by atoms with van der Waals surface area (Å²) in [5.74, 6) is -0.994. The highest BCUT2D eigenvalue weighted by Crippen LogP contribution is 2.15. The normalized spacial score (nSPS) is 13.6. The number of allylic oxidation sites excluding steroid dienone is 5. The van der Waals surface area contributed by atoms with Crippen molar-refractivity contribution in [1.29, 1.82) is 0 Å². The lowest BCUT2D eigenvalue weighted by Crippen LogP contribution is -2.46. The van der Waals surface area contributed by atoms with Gasteiger partial charge in [0, 0.05) is 6.42 Å². The lowest BCUT2D eigenvalue weighted by molar-refractivity contribution is -0.122. The number of amides is 1. The summed E-state index contributed by atoms with van der Waals surface area (Å²) in [6.45, 7) is 4.50. The molecule has 1 amide bonds. The molecule has 0 spiro atoms. The molecule has 0 aliphatic carbocycles. The summed E-state index contributed by atoms with van der Waals surface area (Å²) in [4.78, 5) is 12.5. The third-order valence-electron chi connectivity index (χ3n) is 9.81. The number of nitrogens with one attached hydrogen (secondary N) is 1. The molecular formula is C44H83NO5S. The molecule has 0 aromatic heterocycles. The third-order valence-corrected chi connectivity index (χ3v) is 10.6. The van der Waals surface area contributed by atoms with Crippen LogP contribution in [0.1, 0.15) is 219 Å². The Morgan fingerprint density at radius 3 is 1.31 bits per heavy atom. The van der Waals surface area contributed by atoms with Crippen LogP contribution in [0.2, 0.25) is 0 Å². The van der Waals surface area contributed by atoms with E-state index in [0.717, 1.165) is 57.8 Å². The van der Waals surface area contributed by atoms with Crippen LogP contribution in [0.5, 0.6) is 0 Å². The van der Waals surface area contributed by atoms with Gasteiger partial charge in [-0.15, -0.1) is 0 Å². The highest BCUT2D eigenvalue weighted by Gasteiger charge is 2.24. The van der Waals surface area contributed by atoms with Gasteiger partial charge in [0.1, 0.15) is 0 Å². The number of hydrogen-bond acceptors (Lipinski definition) is 4. The SMILES string of the molecule is CCCCC/C=C\C/C=C\CCCCCCCC(=O)NC(CS(=O)(=O)O)C(O)/C=C/CCCCCCCCCCCCCCCCCCCCC. The number of carbonyl (C=O) groups is 1. The molecule has 0 heterocycles. The molecule has 2 unspecified atom stereocenters. The largest absolute Gasteiger partial charge is 0.387 e. The zero-order valence-electron chi connectivity index (χ0n) is 33.5. The highest BCUT2D eigenvalue weighted by atomic mass is 32.2. The lowest BCUT2D eigenvalue weighted by atomic mass is 10.0. The molecular weight excluding hydrogens is 655 g/mol. The summed E-state index contributed by atoms with van der Waals surface area (Å²) >= 11 is 0. The van der Waals surface area contributed by atoms with Gasteiger partial charge >= 0.3 is 0 Å². The van der Waals surface area contributed by atoms with Crippen LogP contribution < -0.4 is 5.32 Å². The second-order valence-corrected chi connectivity index (χ2v) is 16.5. The highest BCUT2D eigenvalue weighted by molar-refractivity contribution is 7.85. The number of hydrogen-bond donors (Lipinski definition) is 3. The average molecular weight is 738 g/mol. The summed E-state index contributed by atoms with van der Waals surface area (Å²) in [6.07, 6.45) is 49.9. The van der Waals surface area contributed by atoms with Gasteiger partial charge in [-0.3, -0.25) is 9.35 Å². The maximum atomic E-state index is 12.5. The zero-order chi connectivity index (χ0) is 37.5. The third kappa shape index (κ3) is 39.6. The summed E-state index contributed by atoms with van der Waals surface area (Å²) in [6, 6.07) is -1.06. The zero-order valence-corrected chi connectivity index (χ0v) is 34.3. The molecule has 0 radical (unpaired) electrons. The van der Waals surface area contributed by atoms with Gasteiger partial charge in [-0.2, -0.15) is 8.42 Å². The number of aliphatic hydroxyl groups is 1. The van der Waals surface area contributed by atoms with E-state index in [9.17, 15) is 22.9 Å². The van der Waals surface area contributed by atoms with Gasteiger partial charge in [0.15, 0.2) is 0 Å². The minimum Gasteiger partial charge on any atom is -0.387 e. The maximum absolute atomic E-state index is 12.5. The molecule has 51 heavy (non-hydrogen) atoms. The van der Waals surface area contributed by atoms with Crippen molar-refractivity contribution in [3.8, 4) is 0 Å². The molecule has 0 saturated heterocycles. The van der Waals surface area contributed by atoms with Gasteiger partial charge in [0.05, 0.1) is 17.9 Å². The fourth-order valence-electron chi connectivity index (χ4n) is 6.54. The Hall–Kier alpha value is -1.44. The van der Waals surface area contributed by atoms with E-state index >= 15 is 0 Å². The molecule has 0 aliphatic heterocycles. The van der Waals surface area contributed by atoms with Crippen LogP contribution in [0.25, 0.3) is 0 Å². The van der Waals surface area contributed by atoms with Crippen LogP contribution in [0, 0.1) is 0 Å². The second-order valence-electron chi connectivity index (χ2n) is 15.0. The van der Waals surface area contributed by atoms with Gasteiger partial charge < -0.3 is 10.4 Å². The molecule has 6 nitrogen and oxygen atoms in total. The number of rotatable bonds is 39. The Kier molecular flexibility index (Phi) is 37.2. The minimum atomic E-state index is -4.35. The van der Waals surface area contributed by atoms with Gasteiger partial charge in [0.25, 0.3) is 10.1 Å². The topological polar surface area (TPSA) is 104 Å². The van der Waals surface area contributed by atoms with E-state index in [1.165, 1.54) is 135 Å².